The number of rotatable bonds is 8. The zero-order valence-electron chi connectivity index (χ0n) is 14.3. The van der Waals surface area contributed by atoms with Crippen molar-refractivity contribution >= 4 is 13.0 Å². The van der Waals surface area contributed by atoms with E-state index in [1.165, 1.54) is 16.8 Å². The number of aromatic amines is 1. The van der Waals surface area contributed by atoms with E-state index >= 15 is 0 Å². The van der Waals surface area contributed by atoms with Gasteiger partial charge in [0.05, 0.1) is 5.72 Å². The summed E-state index contributed by atoms with van der Waals surface area (Å²) < 4.78 is 0. The van der Waals surface area contributed by atoms with Gasteiger partial charge in [-0.25, -0.2) is 0 Å². The highest BCUT2D eigenvalue weighted by atomic mass is 14.9. The van der Waals surface area contributed by atoms with Gasteiger partial charge < -0.3 is 4.98 Å². The molecule has 3 heteroatoms. The molecule has 0 saturated carbocycles. The highest BCUT2D eigenvalue weighted by Crippen LogP contribution is 2.29. The molecule has 1 heterocycles. The molecule has 0 bridgehead atoms. The molecule has 0 amide bonds. The maximum absolute atomic E-state index is 4.41. The highest BCUT2D eigenvalue weighted by molar-refractivity contribution is 6.51. The van der Waals surface area contributed by atoms with Crippen molar-refractivity contribution in [1.82, 2.24) is 9.97 Å². The SMILES string of the molecule is CCc1cnc([B]CCCC(c2ccccc2)c2ccccc2)[nH]1. The summed E-state index contributed by atoms with van der Waals surface area (Å²) in [5.41, 5.74) is 5.00. The van der Waals surface area contributed by atoms with Crippen molar-refractivity contribution < 1.29 is 0 Å². The van der Waals surface area contributed by atoms with Crippen molar-refractivity contribution in [3.63, 3.8) is 0 Å². The van der Waals surface area contributed by atoms with E-state index in [1.807, 2.05) is 6.20 Å². The number of imidazole rings is 1. The van der Waals surface area contributed by atoms with E-state index < -0.39 is 0 Å². The fourth-order valence-electron chi connectivity index (χ4n) is 3.12. The minimum Gasteiger partial charge on any atom is -0.355 e. The fourth-order valence-corrected chi connectivity index (χ4v) is 3.12. The molecule has 1 aromatic heterocycles. The first kappa shape index (κ1) is 16.6. The minimum absolute atomic E-state index is 0.462. The van der Waals surface area contributed by atoms with E-state index in [0.717, 1.165) is 31.3 Å². The number of aromatic nitrogens is 2. The molecular formula is C21H24BN2. The third kappa shape index (κ3) is 4.38. The molecule has 24 heavy (non-hydrogen) atoms. The summed E-state index contributed by atoms with van der Waals surface area (Å²) in [6.07, 6.45) is 6.28. The maximum Gasteiger partial charge on any atom is 0.201 e. The third-order valence-electron chi connectivity index (χ3n) is 4.47. The first-order valence-electron chi connectivity index (χ1n) is 8.84. The molecule has 0 aliphatic carbocycles. The monoisotopic (exact) mass is 315 g/mol. The van der Waals surface area contributed by atoms with E-state index in [1.54, 1.807) is 0 Å². The minimum atomic E-state index is 0.462. The first-order chi connectivity index (χ1) is 11.9. The Morgan fingerprint density at radius 2 is 1.58 bits per heavy atom. The second kappa shape index (κ2) is 8.53. The standard InChI is InChI=1S/C21H24BN2/c1-2-19-16-23-21(24-19)22-15-9-14-20(17-10-5-3-6-11-17)18-12-7-4-8-13-18/h3-8,10-13,16,20H,2,9,14-15H2,1H3,(H,23,24). The van der Waals surface area contributed by atoms with Crippen LogP contribution in [0.2, 0.25) is 6.32 Å². The molecule has 0 unspecified atom stereocenters. The number of nitrogens with one attached hydrogen (secondary N) is 1. The smallest absolute Gasteiger partial charge is 0.201 e. The Morgan fingerprint density at radius 3 is 2.12 bits per heavy atom. The Balaban J connectivity index is 1.60. The van der Waals surface area contributed by atoms with Gasteiger partial charge in [0.15, 0.2) is 0 Å². The molecule has 121 valence electrons. The van der Waals surface area contributed by atoms with Crippen LogP contribution in [0, 0.1) is 0 Å². The first-order valence-corrected chi connectivity index (χ1v) is 8.84. The lowest BCUT2D eigenvalue weighted by atomic mass is 9.71. The van der Waals surface area contributed by atoms with E-state index in [9.17, 15) is 0 Å². The zero-order valence-corrected chi connectivity index (χ0v) is 14.3. The van der Waals surface area contributed by atoms with Crippen LogP contribution in [0.3, 0.4) is 0 Å². The lowest BCUT2D eigenvalue weighted by Crippen LogP contribution is -2.18. The van der Waals surface area contributed by atoms with Crippen LogP contribution in [0.1, 0.15) is 42.5 Å². The molecule has 0 spiro atoms. The molecule has 2 aromatic carbocycles. The molecule has 0 aliphatic heterocycles. The molecule has 0 aliphatic rings. The molecular weight excluding hydrogens is 291 g/mol. The summed E-state index contributed by atoms with van der Waals surface area (Å²) in [5.74, 6) is 0.462. The maximum atomic E-state index is 4.41. The van der Waals surface area contributed by atoms with Crippen LogP contribution in [0.15, 0.2) is 66.9 Å². The number of nitrogens with zero attached hydrogens (tertiary/aromatic N) is 1. The van der Waals surface area contributed by atoms with Crippen molar-refractivity contribution in [2.45, 2.75) is 38.4 Å². The highest BCUT2D eigenvalue weighted by Gasteiger charge is 2.13. The molecule has 3 rings (SSSR count). The lowest BCUT2D eigenvalue weighted by Gasteiger charge is -2.18. The quantitative estimate of drug-likeness (QED) is 0.486. The van der Waals surface area contributed by atoms with Gasteiger partial charge in [-0.05, 0) is 24.0 Å². The van der Waals surface area contributed by atoms with Crippen LogP contribution >= 0.6 is 0 Å². The van der Waals surface area contributed by atoms with E-state index in [2.05, 4.69) is 84.8 Å². The number of H-pyrrole nitrogens is 1. The van der Waals surface area contributed by atoms with Crippen LogP contribution in [0.25, 0.3) is 0 Å². The number of benzene rings is 2. The van der Waals surface area contributed by atoms with Crippen LogP contribution in [0.5, 0.6) is 0 Å². The lowest BCUT2D eigenvalue weighted by molar-refractivity contribution is 0.697. The molecule has 2 nitrogen and oxygen atoms in total. The fraction of sp³-hybridized carbons (Fsp3) is 0.286. The van der Waals surface area contributed by atoms with Gasteiger partial charge in [-0.15, -0.1) is 0 Å². The van der Waals surface area contributed by atoms with Crippen molar-refractivity contribution in [2.24, 2.45) is 0 Å². The molecule has 3 aromatic rings. The predicted octanol–water partition coefficient (Wildman–Crippen LogP) is 4.33. The van der Waals surface area contributed by atoms with Crippen LogP contribution in [-0.4, -0.2) is 17.2 Å². The topological polar surface area (TPSA) is 28.7 Å². The molecule has 0 saturated heterocycles. The largest absolute Gasteiger partial charge is 0.355 e. The van der Waals surface area contributed by atoms with Crippen molar-refractivity contribution in [1.29, 1.82) is 0 Å². The van der Waals surface area contributed by atoms with Crippen molar-refractivity contribution in [3.05, 3.63) is 83.7 Å². The van der Waals surface area contributed by atoms with E-state index in [0.29, 0.717) is 5.92 Å². The Morgan fingerprint density at radius 1 is 0.958 bits per heavy atom. The van der Waals surface area contributed by atoms with Gasteiger partial charge in [-0.2, -0.15) is 0 Å². The predicted molar refractivity (Wildman–Crippen MR) is 102 cm³/mol. The molecule has 1 N–H and O–H groups in total. The second-order valence-corrected chi connectivity index (χ2v) is 6.16. The average molecular weight is 315 g/mol. The van der Waals surface area contributed by atoms with Gasteiger partial charge in [0, 0.05) is 17.8 Å². The number of aryl methyl sites for hydroxylation is 1. The van der Waals surface area contributed by atoms with Gasteiger partial charge in [0.25, 0.3) is 0 Å². The summed E-state index contributed by atoms with van der Waals surface area (Å²) in [6, 6.07) is 21.6. The van der Waals surface area contributed by atoms with Gasteiger partial charge in [-0.1, -0.05) is 80.3 Å². The number of hydrogen-bond donors (Lipinski definition) is 1. The second-order valence-electron chi connectivity index (χ2n) is 6.16. The van der Waals surface area contributed by atoms with Gasteiger partial charge in [0.1, 0.15) is 0 Å². The summed E-state index contributed by atoms with van der Waals surface area (Å²) in [5, 5.41) is 0. The third-order valence-corrected chi connectivity index (χ3v) is 4.47. The Hall–Kier alpha value is -2.29. The molecule has 0 fully saturated rings. The Bertz CT molecular complexity index is 682. The average Bonchev–Trinajstić information content (AvgIpc) is 3.11. The Labute approximate surface area is 145 Å². The summed E-state index contributed by atoms with van der Waals surface area (Å²) in [6.45, 7) is 2.14. The van der Waals surface area contributed by atoms with Gasteiger partial charge in [0.2, 0.25) is 7.28 Å². The van der Waals surface area contributed by atoms with E-state index in [4.69, 9.17) is 0 Å². The zero-order chi connectivity index (χ0) is 16.6. The number of hydrogen-bond acceptors (Lipinski definition) is 1. The summed E-state index contributed by atoms with van der Waals surface area (Å²) in [7, 11) is 2.21. The van der Waals surface area contributed by atoms with Crippen molar-refractivity contribution in [3.8, 4) is 0 Å². The van der Waals surface area contributed by atoms with Crippen LogP contribution in [-0.2, 0) is 6.42 Å². The molecule has 1 radical (unpaired) electrons. The normalized spacial score (nSPS) is 10.9. The summed E-state index contributed by atoms with van der Waals surface area (Å²) in [4.78, 5) is 7.76. The van der Waals surface area contributed by atoms with Crippen LogP contribution in [0.4, 0.5) is 0 Å². The molecule has 0 atom stereocenters. The van der Waals surface area contributed by atoms with Gasteiger partial charge in [-0.3, -0.25) is 4.98 Å². The summed E-state index contributed by atoms with van der Waals surface area (Å²) >= 11 is 0. The van der Waals surface area contributed by atoms with Crippen LogP contribution < -0.4 is 5.72 Å². The Kier molecular flexibility index (Phi) is 5.89. The van der Waals surface area contributed by atoms with Gasteiger partial charge >= 0.3 is 0 Å². The van der Waals surface area contributed by atoms with Crippen molar-refractivity contribution in [2.75, 3.05) is 0 Å². The van der Waals surface area contributed by atoms with E-state index in [-0.39, 0.29) is 0 Å².